The Kier molecular flexibility index (Phi) is 3.87. The van der Waals surface area contributed by atoms with Crippen molar-refractivity contribution in [2.24, 2.45) is 0 Å². The Labute approximate surface area is 107 Å². The fourth-order valence-electron chi connectivity index (χ4n) is 2.53. The maximum Gasteiger partial charge on any atom is 0.337 e. The molecule has 18 heavy (non-hydrogen) atoms. The molecule has 0 radical (unpaired) electrons. The third-order valence-electron chi connectivity index (χ3n) is 3.57. The second-order valence-electron chi connectivity index (χ2n) is 4.81. The number of ether oxygens (including phenoxy) is 1. The van der Waals surface area contributed by atoms with Gasteiger partial charge in [-0.2, -0.15) is 0 Å². The first-order chi connectivity index (χ1) is 8.61. The van der Waals surface area contributed by atoms with Crippen LogP contribution < -0.4 is 5.32 Å². The Bertz CT molecular complexity index is 445. The summed E-state index contributed by atoms with van der Waals surface area (Å²) in [7, 11) is 1.73. The van der Waals surface area contributed by atoms with Crippen molar-refractivity contribution in [3.63, 3.8) is 0 Å². The fourth-order valence-corrected chi connectivity index (χ4v) is 2.53. The van der Waals surface area contributed by atoms with E-state index in [9.17, 15) is 9.90 Å². The van der Waals surface area contributed by atoms with Gasteiger partial charge in [-0.15, -0.1) is 0 Å². The average molecular weight is 249 g/mol. The number of aryl methyl sites for hydroxylation is 1. The predicted molar refractivity (Wildman–Crippen MR) is 70.2 cm³/mol. The van der Waals surface area contributed by atoms with Crippen molar-refractivity contribution in [2.75, 3.05) is 12.4 Å². The van der Waals surface area contributed by atoms with Crippen LogP contribution in [0, 0.1) is 6.92 Å². The largest absolute Gasteiger partial charge is 0.478 e. The summed E-state index contributed by atoms with van der Waals surface area (Å²) in [5.74, 6) is -0.887. The molecule has 1 saturated carbocycles. The minimum atomic E-state index is -0.887. The quantitative estimate of drug-likeness (QED) is 0.861. The Balaban J connectivity index is 2.16. The summed E-state index contributed by atoms with van der Waals surface area (Å²) in [6.07, 6.45) is 3.28. The zero-order chi connectivity index (χ0) is 13.1. The van der Waals surface area contributed by atoms with Crippen LogP contribution in [-0.2, 0) is 4.74 Å². The third-order valence-corrected chi connectivity index (χ3v) is 3.57. The van der Waals surface area contributed by atoms with Gasteiger partial charge in [0.15, 0.2) is 0 Å². The van der Waals surface area contributed by atoms with E-state index in [4.69, 9.17) is 4.74 Å². The highest BCUT2D eigenvalue weighted by atomic mass is 16.5. The molecule has 0 spiro atoms. The van der Waals surface area contributed by atoms with Crippen LogP contribution in [0.1, 0.15) is 35.2 Å². The van der Waals surface area contributed by atoms with Crippen molar-refractivity contribution < 1.29 is 14.6 Å². The van der Waals surface area contributed by atoms with Crippen LogP contribution in [0.4, 0.5) is 5.69 Å². The first-order valence-electron chi connectivity index (χ1n) is 6.24. The molecule has 1 aromatic rings. The number of anilines is 1. The molecule has 1 fully saturated rings. The SMILES string of the molecule is COC1CCC(Nc2c(C)cccc2C(=O)O)C1. The first-order valence-corrected chi connectivity index (χ1v) is 6.24. The second kappa shape index (κ2) is 5.40. The van der Waals surface area contributed by atoms with Crippen LogP contribution in [0.3, 0.4) is 0 Å². The van der Waals surface area contributed by atoms with Gasteiger partial charge in [0, 0.05) is 13.2 Å². The average Bonchev–Trinajstić information content (AvgIpc) is 2.79. The summed E-state index contributed by atoms with van der Waals surface area (Å²) in [6.45, 7) is 1.93. The molecule has 4 nitrogen and oxygen atoms in total. The third kappa shape index (κ3) is 2.64. The molecule has 0 saturated heterocycles. The molecule has 1 aliphatic rings. The van der Waals surface area contributed by atoms with Crippen LogP contribution in [0.5, 0.6) is 0 Å². The van der Waals surface area contributed by atoms with Crippen LogP contribution in [0.25, 0.3) is 0 Å². The Morgan fingerprint density at radius 2 is 2.22 bits per heavy atom. The fraction of sp³-hybridized carbons (Fsp3) is 0.500. The topological polar surface area (TPSA) is 58.6 Å². The van der Waals surface area contributed by atoms with Crippen molar-refractivity contribution >= 4 is 11.7 Å². The molecular weight excluding hydrogens is 230 g/mol. The number of rotatable bonds is 4. The van der Waals surface area contributed by atoms with Crippen molar-refractivity contribution in [3.05, 3.63) is 29.3 Å². The van der Waals surface area contributed by atoms with Crippen LogP contribution in [0.15, 0.2) is 18.2 Å². The molecule has 0 aliphatic heterocycles. The normalized spacial score (nSPS) is 23.0. The zero-order valence-electron chi connectivity index (χ0n) is 10.8. The Hall–Kier alpha value is -1.55. The minimum absolute atomic E-state index is 0.291. The molecule has 0 bridgehead atoms. The van der Waals surface area contributed by atoms with E-state index in [1.54, 1.807) is 19.2 Å². The van der Waals surface area contributed by atoms with Gasteiger partial charge < -0.3 is 15.2 Å². The second-order valence-corrected chi connectivity index (χ2v) is 4.81. The summed E-state index contributed by atoms with van der Waals surface area (Å²) in [6, 6.07) is 5.64. The number of hydrogen-bond donors (Lipinski definition) is 2. The van der Waals surface area contributed by atoms with E-state index in [0.29, 0.717) is 17.7 Å². The number of carbonyl (C=O) groups is 1. The maximum atomic E-state index is 11.2. The highest BCUT2D eigenvalue weighted by molar-refractivity contribution is 5.95. The Morgan fingerprint density at radius 1 is 1.44 bits per heavy atom. The molecule has 2 N–H and O–H groups in total. The number of hydrogen-bond acceptors (Lipinski definition) is 3. The number of methoxy groups -OCH3 is 1. The van der Waals surface area contributed by atoms with Crippen molar-refractivity contribution in [2.45, 2.75) is 38.3 Å². The number of nitrogens with one attached hydrogen (secondary N) is 1. The zero-order valence-corrected chi connectivity index (χ0v) is 10.8. The molecule has 98 valence electrons. The summed E-state index contributed by atoms with van der Waals surface area (Å²) in [5.41, 5.74) is 2.05. The van der Waals surface area contributed by atoms with E-state index < -0.39 is 5.97 Å². The van der Waals surface area contributed by atoms with Gasteiger partial charge in [-0.3, -0.25) is 0 Å². The van der Waals surface area contributed by atoms with Gasteiger partial charge in [0.1, 0.15) is 0 Å². The van der Waals surface area contributed by atoms with Gasteiger partial charge in [-0.1, -0.05) is 12.1 Å². The van der Waals surface area contributed by atoms with Gasteiger partial charge in [0.2, 0.25) is 0 Å². The summed E-state index contributed by atoms with van der Waals surface area (Å²) in [4.78, 5) is 11.2. The number of para-hydroxylation sites is 1. The monoisotopic (exact) mass is 249 g/mol. The molecule has 4 heteroatoms. The van der Waals surface area contributed by atoms with Gasteiger partial charge in [0.05, 0.1) is 17.4 Å². The summed E-state index contributed by atoms with van der Waals surface area (Å²) < 4.78 is 5.33. The van der Waals surface area contributed by atoms with E-state index in [2.05, 4.69) is 5.32 Å². The van der Waals surface area contributed by atoms with Crippen molar-refractivity contribution in [3.8, 4) is 0 Å². The molecule has 1 aromatic carbocycles. The molecule has 1 aliphatic carbocycles. The predicted octanol–water partition coefficient (Wildman–Crippen LogP) is 2.67. The van der Waals surface area contributed by atoms with Crippen molar-refractivity contribution in [1.82, 2.24) is 0 Å². The van der Waals surface area contributed by atoms with Crippen molar-refractivity contribution in [1.29, 1.82) is 0 Å². The van der Waals surface area contributed by atoms with Crippen LogP contribution in [0.2, 0.25) is 0 Å². The molecule has 2 unspecified atom stereocenters. The van der Waals surface area contributed by atoms with Gasteiger partial charge >= 0.3 is 5.97 Å². The lowest BCUT2D eigenvalue weighted by molar-refractivity contribution is 0.0698. The molecule has 0 heterocycles. The van der Waals surface area contributed by atoms with E-state index >= 15 is 0 Å². The number of carboxylic acids is 1. The van der Waals surface area contributed by atoms with Crippen LogP contribution >= 0.6 is 0 Å². The van der Waals surface area contributed by atoms with E-state index in [1.165, 1.54) is 0 Å². The minimum Gasteiger partial charge on any atom is -0.478 e. The maximum absolute atomic E-state index is 11.2. The van der Waals surface area contributed by atoms with E-state index in [1.807, 2.05) is 13.0 Å². The lowest BCUT2D eigenvalue weighted by Crippen LogP contribution is -2.19. The standard InChI is InChI=1S/C14H19NO3/c1-9-4-3-5-12(14(16)17)13(9)15-10-6-7-11(8-10)18-2/h3-5,10-11,15H,6-8H2,1-2H3,(H,16,17). The first kappa shape index (κ1) is 12.9. The van der Waals surface area contributed by atoms with E-state index in [0.717, 1.165) is 30.5 Å². The van der Waals surface area contributed by atoms with E-state index in [-0.39, 0.29) is 0 Å². The van der Waals surface area contributed by atoms with Gasteiger partial charge in [-0.25, -0.2) is 4.79 Å². The lowest BCUT2D eigenvalue weighted by atomic mass is 10.1. The Morgan fingerprint density at radius 3 is 2.83 bits per heavy atom. The van der Waals surface area contributed by atoms with Gasteiger partial charge in [0.25, 0.3) is 0 Å². The van der Waals surface area contributed by atoms with Crippen LogP contribution in [-0.4, -0.2) is 30.3 Å². The number of benzene rings is 1. The number of carboxylic acid groups (broad SMARTS) is 1. The molecular formula is C14H19NO3. The molecule has 0 aromatic heterocycles. The lowest BCUT2D eigenvalue weighted by Gasteiger charge is -2.18. The number of aromatic carboxylic acids is 1. The highest BCUT2D eigenvalue weighted by Gasteiger charge is 2.25. The molecule has 2 atom stereocenters. The smallest absolute Gasteiger partial charge is 0.337 e. The summed E-state index contributed by atoms with van der Waals surface area (Å²) >= 11 is 0. The molecule has 0 amide bonds. The highest BCUT2D eigenvalue weighted by Crippen LogP contribution is 2.28. The molecule has 2 rings (SSSR count). The summed E-state index contributed by atoms with van der Waals surface area (Å²) in [5, 5.41) is 12.6. The van der Waals surface area contributed by atoms with Gasteiger partial charge in [-0.05, 0) is 37.8 Å².